The molecule has 3 aromatic rings. The normalized spacial score (nSPS) is 11.8. The van der Waals surface area contributed by atoms with E-state index in [0.29, 0.717) is 22.8 Å². The van der Waals surface area contributed by atoms with Crippen molar-refractivity contribution in [1.29, 1.82) is 0 Å². The van der Waals surface area contributed by atoms with Gasteiger partial charge in [-0.05, 0) is 35.7 Å². The van der Waals surface area contributed by atoms with E-state index < -0.39 is 0 Å². The molecule has 0 fully saturated rings. The molecule has 1 amide bonds. The molecule has 5 heteroatoms. The maximum atomic E-state index is 12.4. The van der Waals surface area contributed by atoms with Crippen LogP contribution in [-0.4, -0.2) is 10.5 Å². The average molecular weight is 371 g/mol. The summed E-state index contributed by atoms with van der Waals surface area (Å²) < 4.78 is 3.00. The van der Waals surface area contributed by atoms with Crippen LogP contribution >= 0.6 is 22.9 Å². The van der Waals surface area contributed by atoms with E-state index >= 15 is 0 Å². The molecule has 2 aromatic carbocycles. The Morgan fingerprint density at radius 2 is 1.96 bits per heavy atom. The SMILES string of the molecule is C=CCn1c(=NC(=O)Cc2ccc(CC)cc2)sc2cc(Cl)ccc21. The van der Waals surface area contributed by atoms with Crippen LogP contribution in [0.15, 0.2) is 60.1 Å². The standard InChI is InChI=1S/C20H19ClN2OS/c1-3-11-23-17-10-9-16(21)13-18(17)25-20(23)22-19(24)12-15-7-5-14(4-2)6-8-15/h3,5-10,13H,1,4,11-12H2,2H3. The molecule has 0 aliphatic heterocycles. The summed E-state index contributed by atoms with van der Waals surface area (Å²) in [5, 5.41) is 0.674. The fourth-order valence-electron chi connectivity index (χ4n) is 2.65. The van der Waals surface area contributed by atoms with Crippen molar-refractivity contribution in [2.24, 2.45) is 4.99 Å². The second kappa shape index (κ2) is 7.81. The average Bonchev–Trinajstić information content (AvgIpc) is 2.92. The number of fused-ring (bicyclic) bond motifs is 1. The van der Waals surface area contributed by atoms with Gasteiger partial charge in [0.2, 0.25) is 0 Å². The zero-order chi connectivity index (χ0) is 17.8. The van der Waals surface area contributed by atoms with Gasteiger partial charge in [0.1, 0.15) is 0 Å². The number of carbonyl (C=O) groups excluding carboxylic acids is 1. The molecule has 25 heavy (non-hydrogen) atoms. The number of thiazole rings is 1. The second-order valence-corrected chi connectivity index (χ2v) is 7.19. The van der Waals surface area contributed by atoms with Gasteiger partial charge in [-0.2, -0.15) is 4.99 Å². The molecule has 3 nitrogen and oxygen atoms in total. The van der Waals surface area contributed by atoms with Crippen molar-refractivity contribution < 1.29 is 4.79 Å². The highest BCUT2D eigenvalue weighted by molar-refractivity contribution is 7.16. The summed E-state index contributed by atoms with van der Waals surface area (Å²) in [6, 6.07) is 13.8. The van der Waals surface area contributed by atoms with Crippen LogP contribution < -0.4 is 4.80 Å². The van der Waals surface area contributed by atoms with Gasteiger partial charge >= 0.3 is 0 Å². The Balaban J connectivity index is 1.94. The fraction of sp³-hybridized carbons (Fsp3) is 0.200. The Kier molecular flexibility index (Phi) is 5.51. The van der Waals surface area contributed by atoms with Gasteiger partial charge in [0, 0.05) is 11.6 Å². The van der Waals surface area contributed by atoms with Crippen LogP contribution in [0.3, 0.4) is 0 Å². The van der Waals surface area contributed by atoms with E-state index in [0.717, 1.165) is 22.2 Å². The highest BCUT2D eigenvalue weighted by atomic mass is 35.5. The number of hydrogen-bond donors (Lipinski definition) is 0. The molecule has 3 rings (SSSR count). The number of aromatic nitrogens is 1. The van der Waals surface area contributed by atoms with Gasteiger partial charge in [0.05, 0.1) is 16.6 Å². The zero-order valence-corrected chi connectivity index (χ0v) is 15.6. The molecule has 0 aliphatic carbocycles. The lowest BCUT2D eigenvalue weighted by Gasteiger charge is -2.02. The summed E-state index contributed by atoms with van der Waals surface area (Å²) in [7, 11) is 0. The Hall–Kier alpha value is -2.17. The van der Waals surface area contributed by atoms with Crippen LogP contribution in [0.25, 0.3) is 10.2 Å². The van der Waals surface area contributed by atoms with Crippen molar-refractivity contribution in [3.63, 3.8) is 0 Å². The number of allylic oxidation sites excluding steroid dienone is 1. The second-order valence-electron chi connectivity index (χ2n) is 5.75. The van der Waals surface area contributed by atoms with E-state index in [2.05, 4.69) is 30.6 Å². The van der Waals surface area contributed by atoms with E-state index in [-0.39, 0.29) is 5.91 Å². The molecule has 0 bridgehead atoms. The lowest BCUT2D eigenvalue weighted by molar-refractivity contribution is -0.117. The van der Waals surface area contributed by atoms with E-state index in [1.165, 1.54) is 16.9 Å². The number of halogens is 1. The Morgan fingerprint density at radius 3 is 2.64 bits per heavy atom. The minimum absolute atomic E-state index is 0.153. The van der Waals surface area contributed by atoms with Crippen molar-refractivity contribution in [2.75, 3.05) is 0 Å². The molecule has 0 radical (unpaired) electrons. The predicted octanol–water partition coefficient (Wildman–Crippen LogP) is 4.77. The summed E-state index contributed by atoms with van der Waals surface area (Å²) >= 11 is 7.54. The van der Waals surface area contributed by atoms with E-state index in [4.69, 9.17) is 11.6 Å². The first-order valence-electron chi connectivity index (χ1n) is 8.16. The third-order valence-electron chi connectivity index (χ3n) is 3.96. The Labute approximate surface area is 155 Å². The molecule has 0 aliphatic rings. The third-order valence-corrected chi connectivity index (χ3v) is 5.24. The molecule has 0 unspecified atom stereocenters. The van der Waals surface area contributed by atoms with E-state index in [1.54, 1.807) is 6.08 Å². The number of aryl methyl sites for hydroxylation is 1. The molecule has 0 spiro atoms. The lowest BCUT2D eigenvalue weighted by Crippen LogP contribution is -2.16. The number of benzene rings is 2. The molecular weight excluding hydrogens is 352 g/mol. The molecular formula is C20H19ClN2OS. The number of carbonyl (C=O) groups is 1. The highest BCUT2D eigenvalue weighted by Gasteiger charge is 2.08. The summed E-state index contributed by atoms with van der Waals surface area (Å²) in [5.74, 6) is -0.153. The fourth-order valence-corrected chi connectivity index (χ4v) is 3.98. The van der Waals surface area contributed by atoms with Crippen molar-refractivity contribution >= 4 is 39.1 Å². The van der Waals surface area contributed by atoms with Crippen LogP contribution in [0, 0.1) is 0 Å². The molecule has 128 valence electrons. The van der Waals surface area contributed by atoms with Gasteiger partial charge in [-0.15, -0.1) is 6.58 Å². The summed E-state index contributed by atoms with van der Waals surface area (Å²) in [6.45, 7) is 6.50. The number of rotatable bonds is 5. The van der Waals surface area contributed by atoms with Crippen molar-refractivity contribution in [3.8, 4) is 0 Å². The van der Waals surface area contributed by atoms with Gasteiger partial charge in [-0.3, -0.25) is 4.79 Å². The monoisotopic (exact) mass is 370 g/mol. The van der Waals surface area contributed by atoms with Gasteiger partial charge in [0.15, 0.2) is 4.80 Å². The van der Waals surface area contributed by atoms with Crippen LogP contribution in [-0.2, 0) is 24.2 Å². The quantitative estimate of drug-likeness (QED) is 0.595. The van der Waals surface area contributed by atoms with Crippen LogP contribution in [0.1, 0.15) is 18.1 Å². The maximum absolute atomic E-state index is 12.4. The van der Waals surface area contributed by atoms with Crippen molar-refractivity contribution in [2.45, 2.75) is 26.3 Å². The largest absolute Gasteiger partial charge is 0.313 e. The number of amides is 1. The molecule has 1 heterocycles. The minimum Gasteiger partial charge on any atom is -0.313 e. The highest BCUT2D eigenvalue weighted by Crippen LogP contribution is 2.22. The van der Waals surface area contributed by atoms with E-state index in [1.807, 2.05) is 34.9 Å². The number of nitrogens with zero attached hydrogens (tertiary/aromatic N) is 2. The maximum Gasteiger partial charge on any atom is 0.252 e. The Bertz CT molecular complexity index is 983. The van der Waals surface area contributed by atoms with Crippen molar-refractivity contribution in [3.05, 3.63) is 76.1 Å². The van der Waals surface area contributed by atoms with Crippen LogP contribution in [0.5, 0.6) is 0 Å². The molecule has 0 atom stereocenters. The van der Waals surface area contributed by atoms with Gasteiger partial charge in [0.25, 0.3) is 5.91 Å². The van der Waals surface area contributed by atoms with Gasteiger partial charge in [-0.1, -0.05) is 60.2 Å². The molecule has 1 aromatic heterocycles. The summed E-state index contributed by atoms with van der Waals surface area (Å²) in [5.41, 5.74) is 3.25. The Morgan fingerprint density at radius 1 is 1.24 bits per heavy atom. The first kappa shape index (κ1) is 17.6. The van der Waals surface area contributed by atoms with Crippen LogP contribution in [0.4, 0.5) is 0 Å². The van der Waals surface area contributed by atoms with Gasteiger partial charge in [-0.25, -0.2) is 0 Å². The molecule has 0 N–H and O–H groups in total. The van der Waals surface area contributed by atoms with Crippen molar-refractivity contribution in [1.82, 2.24) is 4.57 Å². The van der Waals surface area contributed by atoms with E-state index in [9.17, 15) is 4.79 Å². The van der Waals surface area contributed by atoms with Crippen LogP contribution in [0.2, 0.25) is 5.02 Å². The smallest absolute Gasteiger partial charge is 0.252 e. The zero-order valence-electron chi connectivity index (χ0n) is 14.0. The number of hydrogen-bond acceptors (Lipinski definition) is 2. The summed E-state index contributed by atoms with van der Waals surface area (Å²) in [6.07, 6.45) is 3.09. The molecule has 0 saturated heterocycles. The van der Waals surface area contributed by atoms with Gasteiger partial charge < -0.3 is 4.57 Å². The predicted molar refractivity (Wildman–Crippen MR) is 105 cm³/mol. The third kappa shape index (κ3) is 4.09. The first-order chi connectivity index (χ1) is 12.1. The minimum atomic E-state index is -0.153. The lowest BCUT2D eigenvalue weighted by atomic mass is 10.1. The summed E-state index contributed by atoms with van der Waals surface area (Å²) in [4.78, 5) is 17.4. The molecule has 0 saturated carbocycles. The first-order valence-corrected chi connectivity index (χ1v) is 9.35. The topological polar surface area (TPSA) is 34.4 Å².